The summed E-state index contributed by atoms with van der Waals surface area (Å²) < 4.78 is 1.33. The van der Waals surface area contributed by atoms with Crippen molar-refractivity contribution in [2.75, 3.05) is 26.2 Å². The summed E-state index contributed by atoms with van der Waals surface area (Å²) in [7, 11) is 0. The van der Waals surface area contributed by atoms with Crippen molar-refractivity contribution in [3.05, 3.63) is 12.7 Å². The Morgan fingerprint density at radius 1 is 0.483 bits per heavy atom. The molecular formula is C27H56ClN. The summed E-state index contributed by atoms with van der Waals surface area (Å²) in [6, 6.07) is 0. The molecule has 0 heterocycles. The van der Waals surface area contributed by atoms with Crippen LogP contribution in [0, 0.1) is 0 Å². The van der Waals surface area contributed by atoms with Crippen LogP contribution in [0.4, 0.5) is 0 Å². The molecule has 0 aliphatic carbocycles. The summed E-state index contributed by atoms with van der Waals surface area (Å²) >= 11 is 0. The Morgan fingerprint density at radius 3 is 1.03 bits per heavy atom. The van der Waals surface area contributed by atoms with Gasteiger partial charge < -0.3 is 16.9 Å². The van der Waals surface area contributed by atoms with E-state index in [0.29, 0.717) is 0 Å². The minimum absolute atomic E-state index is 0. The fourth-order valence-electron chi connectivity index (χ4n) is 4.57. The molecule has 0 N–H and O–H groups in total. The second-order valence-electron chi connectivity index (χ2n) is 9.29. The first-order chi connectivity index (χ1) is 13.7. The smallest absolute Gasteiger partial charge is 0.0971 e. The van der Waals surface area contributed by atoms with Gasteiger partial charge in [-0.15, -0.1) is 0 Å². The van der Waals surface area contributed by atoms with Crippen LogP contribution in [0.1, 0.15) is 136 Å². The SMILES string of the molecule is C=CC[N+](CCCCCCCC)(CCCCCCCC)CCCCCCCC.[Cl-]. The number of quaternary nitrogens is 1. The zero-order chi connectivity index (χ0) is 20.8. The zero-order valence-corrected chi connectivity index (χ0v) is 21.4. The van der Waals surface area contributed by atoms with Crippen LogP contribution in [0.2, 0.25) is 0 Å². The Hall–Kier alpha value is -0.0100. The average molecular weight is 430 g/mol. The van der Waals surface area contributed by atoms with Gasteiger partial charge in [-0.2, -0.15) is 0 Å². The minimum atomic E-state index is 0. The molecular weight excluding hydrogens is 374 g/mol. The Balaban J connectivity index is 0. The van der Waals surface area contributed by atoms with Crippen molar-refractivity contribution in [3.8, 4) is 0 Å². The van der Waals surface area contributed by atoms with Crippen LogP contribution in [0.5, 0.6) is 0 Å². The molecule has 176 valence electrons. The Morgan fingerprint density at radius 2 is 0.759 bits per heavy atom. The van der Waals surface area contributed by atoms with Gasteiger partial charge in [-0.3, -0.25) is 0 Å². The predicted octanol–water partition coefficient (Wildman–Crippen LogP) is 6.07. The number of hydrogen-bond donors (Lipinski definition) is 0. The lowest BCUT2D eigenvalue weighted by Crippen LogP contribution is -3.00. The molecule has 0 amide bonds. The van der Waals surface area contributed by atoms with Gasteiger partial charge in [0, 0.05) is 0 Å². The lowest BCUT2D eigenvalue weighted by molar-refractivity contribution is -0.923. The largest absolute Gasteiger partial charge is 1.00 e. The van der Waals surface area contributed by atoms with Crippen LogP contribution in [-0.2, 0) is 0 Å². The number of halogens is 1. The normalized spacial score (nSPS) is 11.4. The first-order valence-electron chi connectivity index (χ1n) is 13.2. The standard InChI is InChI=1S/C27H56N.ClH/c1-5-9-12-15-18-21-25-28(24-8-4,26-22-19-16-13-10-6-2)27-23-20-17-14-11-7-3;/h8H,4-7,9-27H2,1-3H3;1H/q+1;/p-1. The van der Waals surface area contributed by atoms with Crippen molar-refractivity contribution in [1.29, 1.82) is 0 Å². The van der Waals surface area contributed by atoms with Crippen molar-refractivity contribution < 1.29 is 16.9 Å². The third-order valence-electron chi connectivity index (χ3n) is 6.47. The van der Waals surface area contributed by atoms with Gasteiger partial charge in [0.2, 0.25) is 0 Å². The number of hydrogen-bond acceptors (Lipinski definition) is 0. The van der Waals surface area contributed by atoms with Crippen LogP contribution in [-0.4, -0.2) is 30.7 Å². The summed E-state index contributed by atoms with van der Waals surface area (Å²) in [6.07, 6.45) is 27.7. The minimum Gasteiger partial charge on any atom is -1.00 e. The number of nitrogens with zero attached hydrogens (tertiary/aromatic N) is 1. The Kier molecular flexibility index (Phi) is 26.1. The van der Waals surface area contributed by atoms with Crippen molar-refractivity contribution in [2.45, 2.75) is 136 Å². The van der Waals surface area contributed by atoms with Gasteiger partial charge in [-0.1, -0.05) is 104 Å². The summed E-state index contributed by atoms with van der Waals surface area (Å²) in [4.78, 5) is 0. The molecule has 0 aliphatic heterocycles. The second-order valence-corrected chi connectivity index (χ2v) is 9.29. The van der Waals surface area contributed by atoms with Crippen LogP contribution >= 0.6 is 0 Å². The maximum Gasteiger partial charge on any atom is 0.0971 e. The fraction of sp³-hybridized carbons (Fsp3) is 0.926. The van der Waals surface area contributed by atoms with Gasteiger partial charge in [0.25, 0.3) is 0 Å². The van der Waals surface area contributed by atoms with Gasteiger partial charge in [0.1, 0.15) is 0 Å². The highest BCUT2D eigenvalue weighted by atomic mass is 35.5. The quantitative estimate of drug-likeness (QED) is 0.105. The van der Waals surface area contributed by atoms with Crippen LogP contribution in [0.3, 0.4) is 0 Å². The topological polar surface area (TPSA) is 0 Å². The van der Waals surface area contributed by atoms with Gasteiger partial charge >= 0.3 is 0 Å². The molecule has 0 atom stereocenters. The highest BCUT2D eigenvalue weighted by Gasteiger charge is 2.24. The molecule has 0 aliphatic rings. The van der Waals surface area contributed by atoms with Gasteiger partial charge in [-0.25, -0.2) is 0 Å². The first kappa shape index (κ1) is 31.2. The number of unbranched alkanes of at least 4 members (excludes halogenated alkanes) is 15. The van der Waals surface area contributed by atoms with Gasteiger partial charge in [0.05, 0.1) is 26.2 Å². The van der Waals surface area contributed by atoms with E-state index in [1.165, 1.54) is 146 Å². The molecule has 0 aromatic rings. The molecule has 0 rings (SSSR count). The monoisotopic (exact) mass is 429 g/mol. The van der Waals surface area contributed by atoms with E-state index in [0.717, 1.165) is 0 Å². The molecule has 0 saturated heterocycles. The second kappa shape index (κ2) is 24.3. The van der Waals surface area contributed by atoms with E-state index in [4.69, 9.17) is 0 Å². The predicted molar refractivity (Wildman–Crippen MR) is 130 cm³/mol. The molecule has 1 nitrogen and oxygen atoms in total. The number of rotatable bonds is 23. The maximum absolute atomic E-state index is 4.14. The highest BCUT2D eigenvalue weighted by molar-refractivity contribution is 4.67. The Labute approximate surface area is 192 Å². The Bertz CT molecular complexity index is 275. The van der Waals surface area contributed by atoms with Crippen molar-refractivity contribution in [3.63, 3.8) is 0 Å². The van der Waals surface area contributed by atoms with Crippen molar-refractivity contribution in [1.82, 2.24) is 0 Å². The molecule has 2 heteroatoms. The van der Waals surface area contributed by atoms with E-state index in [9.17, 15) is 0 Å². The molecule has 0 aromatic heterocycles. The van der Waals surface area contributed by atoms with E-state index >= 15 is 0 Å². The molecule has 0 bridgehead atoms. The van der Waals surface area contributed by atoms with Crippen LogP contribution < -0.4 is 12.4 Å². The summed E-state index contributed by atoms with van der Waals surface area (Å²) in [5, 5.41) is 0. The van der Waals surface area contributed by atoms with E-state index in [1.54, 1.807) is 0 Å². The molecule has 29 heavy (non-hydrogen) atoms. The highest BCUT2D eigenvalue weighted by Crippen LogP contribution is 2.18. The fourth-order valence-corrected chi connectivity index (χ4v) is 4.57. The van der Waals surface area contributed by atoms with E-state index in [2.05, 4.69) is 33.4 Å². The first-order valence-corrected chi connectivity index (χ1v) is 13.2. The molecule has 0 aromatic carbocycles. The van der Waals surface area contributed by atoms with E-state index < -0.39 is 0 Å². The van der Waals surface area contributed by atoms with Crippen LogP contribution in [0.15, 0.2) is 12.7 Å². The maximum atomic E-state index is 4.14. The summed E-state index contributed by atoms with van der Waals surface area (Å²) in [5.74, 6) is 0. The van der Waals surface area contributed by atoms with Crippen molar-refractivity contribution >= 4 is 0 Å². The van der Waals surface area contributed by atoms with Gasteiger partial charge in [0.15, 0.2) is 0 Å². The van der Waals surface area contributed by atoms with Gasteiger partial charge in [-0.05, 0) is 44.6 Å². The average Bonchev–Trinajstić information content (AvgIpc) is 2.70. The molecule has 0 radical (unpaired) electrons. The van der Waals surface area contributed by atoms with Crippen LogP contribution in [0.25, 0.3) is 0 Å². The molecule has 0 spiro atoms. The molecule has 0 saturated carbocycles. The van der Waals surface area contributed by atoms with E-state index in [-0.39, 0.29) is 12.4 Å². The zero-order valence-electron chi connectivity index (χ0n) is 20.7. The lowest BCUT2D eigenvalue weighted by atomic mass is 10.1. The summed E-state index contributed by atoms with van der Waals surface area (Å²) in [5.41, 5.74) is 0. The third kappa shape index (κ3) is 19.7. The lowest BCUT2D eigenvalue weighted by Gasteiger charge is -2.38. The van der Waals surface area contributed by atoms with E-state index in [1.807, 2.05) is 0 Å². The molecule has 0 fully saturated rings. The summed E-state index contributed by atoms with van der Waals surface area (Å²) in [6.45, 7) is 16.4. The molecule has 0 unspecified atom stereocenters. The third-order valence-corrected chi connectivity index (χ3v) is 6.47. The van der Waals surface area contributed by atoms with Crippen molar-refractivity contribution in [2.24, 2.45) is 0 Å².